The van der Waals surface area contributed by atoms with E-state index < -0.39 is 11.9 Å². The van der Waals surface area contributed by atoms with Crippen LogP contribution >= 0.6 is 0 Å². The maximum Gasteiger partial charge on any atom is 0.345 e. The molecule has 0 amide bonds. The van der Waals surface area contributed by atoms with Gasteiger partial charge in [-0.15, -0.1) is 0 Å². The van der Waals surface area contributed by atoms with Crippen molar-refractivity contribution in [2.45, 2.75) is 46.0 Å². The minimum Gasteiger partial charge on any atom is -0.466 e. The molecule has 0 saturated heterocycles. The second-order valence-electron chi connectivity index (χ2n) is 5.44. The van der Waals surface area contributed by atoms with Crippen LogP contribution < -0.4 is 0 Å². The molecule has 1 aromatic rings. The van der Waals surface area contributed by atoms with Crippen LogP contribution in [0.2, 0.25) is 0 Å². The van der Waals surface area contributed by atoms with Gasteiger partial charge in [-0.25, -0.2) is 4.79 Å². The van der Waals surface area contributed by atoms with Gasteiger partial charge in [0.15, 0.2) is 0 Å². The molecule has 126 valence electrons. The Labute approximate surface area is 137 Å². The highest BCUT2D eigenvalue weighted by molar-refractivity contribution is 5.97. The number of unbranched alkanes of at least 4 members (excludes halogenated alkanes) is 1. The lowest BCUT2D eigenvalue weighted by molar-refractivity contribution is -0.145. The molecule has 1 aromatic carbocycles. The van der Waals surface area contributed by atoms with E-state index in [2.05, 4.69) is 0 Å². The van der Waals surface area contributed by atoms with Gasteiger partial charge < -0.3 is 9.47 Å². The summed E-state index contributed by atoms with van der Waals surface area (Å²) >= 11 is 0. The molecule has 1 atom stereocenters. The summed E-state index contributed by atoms with van der Waals surface area (Å²) in [5.41, 5.74) is 0.357. The number of ether oxygens (including phenoxy) is 2. The Morgan fingerprint density at radius 2 is 1.78 bits per heavy atom. The molecule has 0 fully saturated rings. The molecule has 0 heterocycles. The molecule has 5 nitrogen and oxygen atoms in total. The first-order valence-corrected chi connectivity index (χ1v) is 8.01. The Hall–Kier alpha value is -2.17. The van der Waals surface area contributed by atoms with Gasteiger partial charge in [0.1, 0.15) is 0 Å². The quantitative estimate of drug-likeness (QED) is 0.395. The summed E-state index contributed by atoms with van der Waals surface area (Å²) in [6.45, 7) is 4.01. The fraction of sp³-hybridized carbons (Fsp3) is 0.500. The Morgan fingerprint density at radius 1 is 1.09 bits per heavy atom. The fourth-order valence-corrected chi connectivity index (χ4v) is 1.96. The zero-order chi connectivity index (χ0) is 17.1. The highest BCUT2D eigenvalue weighted by Gasteiger charge is 2.19. The van der Waals surface area contributed by atoms with Crippen molar-refractivity contribution in [3.8, 4) is 0 Å². The third-order valence-electron chi connectivity index (χ3n) is 3.35. The second kappa shape index (κ2) is 10.5. The Bertz CT molecular complexity index is 509. The van der Waals surface area contributed by atoms with Crippen LogP contribution in [0.4, 0.5) is 0 Å². The van der Waals surface area contributed by atoms with Gasteiger partial charge in [0.2, 0.25) is 0 Å². The van der Waals surface area contributed by atoms with Gasteiger partial charge in [-0.3, -0.25) is 9.59 Å². The lowest BCUT2D eigenvalue weighted by atomic mass is 10.0. The van der Waals surface area contributed by atoms with Gasteiger partial charge in [0.25, 0.3) is 0 Å². The Morgan fingerprint density at radius 3 is 2.43 bits per heavy atom. The lowest BCUT2D eigenvalue weighted by Crippen LogP contribution is -2.19. The molecular weight excluding hydrogens is 296 g/mol. The second-order valence-corrected chi connectivity index (χ2v) is 5.44. The summed E-state index contributed by atoms with van der Waals surface area (Å²) in [6.07, 6.45) is 3.22. The van der Waals surface area contributed by atoms with Gasteiger partial charge in [-0.2, -0.15) is 0 Å². The number of carbonyl (C=O) groups is 3. The molecular formula is C18H24O5. The summed E-state index contributed by atoms with van der Waals surface area (Å²) in [6, 6.07) is 8.42. The SMILES string of the molecule is CCCC(=O)OCCCCC(C)C(=O)OC(=O)c1ccccc1. The minimum absolute atomic E-state index is 0.187. The van der Waals surface area contributed by atoms with Crippen molar-refractivity contribution in [3.05, 3.63) is 35.9 Å². The third-order valence-corrected chi connectivity index (χ3v) is 3.35. The minimum atomic E-state index is -0.629. The molecule has 0 aliphatic rings. The highest BCUT2D eigenvalue weighted by Crippen LogP contribution is 2.12. The van der Waals surface area contributed by atoms with E-state index >= 15 is 0 Å². The number of hydrogen-bond acceptors (Lipinski definition) is 5. The number of carbonyl (C=O) groups excluding carboxylic acids is 3. The topological polar surface area (TPSA) is 69.7 Å². The number of rotatable bonds is 9. The zero-order valence-electron chi connectivity index (χ0n) is 13.7. The van der Waals surface area contributed by atoms with Crippen LogP contribution in [0.5, 0.6) is 0 Å². The average molecular weight is 320 g/mol. The van der Waals surface area contributed by atoms with E-state index in [1.807, 2.05) is 6.92 Å². The van der Waals surface area contributed by atoms with Crippen LogP contribution in [0.15, 0.2) is 30.3 Å². The maximum atomic E-state index is 11.9. The summed E-state index contributed by atoms with van der Waals surface area (Å²) in [5.74, 6) is -1.71. The smallest absolute Gasteiger partial charge is 0.345 e. The van der Waals surface area contributed by atoms with Gasteiger partial charge in [0, 0.05) is 6.42 Å². The Kier molecular flexibility index (Phi) is 8.65. The monoisotopic (exact) mass is 320 g/mol. The molecule has 0 saturated carbocycles. The predicted molar refractivity (Wildman–Crippen MR) is 85.7 cm³/mol. The van der Waals surface area contributed by atoms with Crippen LogP contribution in [0, 0.1) is 5.92 Å². The van der Waals surface area contributed by atoms with Crippen molar-refractivity contribution < 1.29 is 23.9 Å². The van der Waals surface area contributed by atoms with E-state index in [-0.39, 0.29) is 11.9 Å². The molecule has 1 unspecified atom stereocenters. The number of esters is 3. The average Bonchev–Trinajstić information content (AvgIpc) is 2.55. The molecule has 0 aromatic heterocycles. The van der Waals surface area contributed by atoms with Gasteiger partial charge >= 0.3 is 17.9 Å². The molecule has 0 aliphatic heterocycles. The molecule has 23 heavy (non-hydrogen) atoms. The number of benzene rings is 1. The predicted octanol–water partition coefficient (Wildman–Crippen LogP) is 3.52. The van der Waals surface area contributed by atoms with Crippen molar-refractivity contribution >= 4 is 17.9 Å². The van der Waals surface area contributed by atoms with Crippen molar-refractivity contribution in [1.82, 2.24) is 0 Å². The molecule has 5 heteroatoms. The van der Waals surface area contributed by atoms with E-state index in [1.165, 1.54) is 0 Å². The molecule has 0 bridgehead atoms. The van der Waals surface area contributed by atoms with Crippen LogP contribution in [-0.2, 0) is 19.1 Å². The van der Waals surface area contributed by atoms with Crippen LogP contribution in [0.3, 0.4) is 0 Å². The maximum absolute atomic E-state index is 11.9. The summed E-state index contributed by atoms with van der Waals surface area (Å²) in [7, 11) is 0. The standard InChI is InChI=1S/C18H24O5/c1-3-9-16(19)22-13-8-7-10-14(2)17(20)23-18(21)15-11-5-4-6-12-15/h4-6,11-12,14H,3,7-10,13H2,1-2H3. The molecule has 0 radical (unpaired) electrons. The van der Waals surface area contributed by atoms with Crippen molar-refractivity contribution in [2.24, 2.45) is 5.92 Å². The van der Waals surface area contributed by atoms with E-state index in [9.17, 15) is 14.4 Å². The van der Waals surface area contributed by atoms with E-state index in [1.54, 1.807) is 37.3 Å². The lowest BCUT2D eigenvalue weighted by Gasteiger charge is -2.10. The van der Waals surface area contributed by atoms with Crippen molar-refractivity contribution in [3.63, 3.8) is 0 Å². The van der Waals surface area contributed by atoms with Crippen LogP contribution in [0.25, 0.3) is 0 Å². The first kappa shape index (κ1) is 18.9. The number of hydrogen-bond donors (Lipinski definition) is 0. The molecule has 1 rings (SSSR count). The Balaban J connectivity index is 2.21. The highest BCUT2D eigenvalue weighted by atomic mass is 16.6. The van der Waals surface area contributed by atoms with E-state index in [0.717, 1.165) is 12.8 Å². The fourth-order valence-electron chi connectivity index (χ4n) is 1.96. The summed E-state index contributed by atoms with van der Waals surface area (Å²) in [4.78, 5) is 34.8. The third kappa shape index (κ3) is 7.58. The van der Waals surface area contributed by atoms with Gasteiger partial charge in [0.05, 0.1) is 18.1 Å². The normalized spacial score (nSPS) is 11.6. The summed E-state index contributed by atoms with van der Waals surface area (Å²) < 4.78 is 9.90. The van der Waals surface area contributed by atoms with Crippen LogP contribution in [-0.4, -0.2) is 24.5 Å². The van der Waals surface area contributed by atoms with E-state index in [0.29, 0.717) is 31.4 Å². The molecule has 0 spiro atoms. The first-order chi connectivity index (χ1) is 11.0. The van der Waals surface area contributed by atoms with Gasteiger partial charge in [-0.1, -0.05) is 32.0 Å². The van der Waals surface area contributed by atoms with Crippen LogP contribution in [0.1, 0.15) is 56.3 Å². The largest absolute Gasteiger partial charge is 0.466 e. The van der Waals surface area contributed by atoms with Crippen molar-refractivity contribution in [1.29, 1.82) is 0 Å². The van der Waals surface area contributed by atoms with E-state index in [4.69, 9.17) is 9.47 Å². The van der Waals surface area contributed by atoms with Gasteiger partial charge in [-0.05, 0) is 37.8 Å². The zero-order valence-corrected chi connectivity index (χ0v) is 13.7. The molecule has 0 N–H and O–H groups in total. The van der Waals surface area contributed by atoms with Crippen molar-refractivity contribution in [2.75, 3.05) is 6.61 Å². The molecule has 0 aliphatic carbocycles. The summed E-state index contributed by atoms with van der Waals surface area (Å²) in [5, 5.41) is 0. The first-order valence-electron chi connectivity index (χ1n) is 8.01.